The maximum Gasteiger partial charge on any atom is 0.0745 e. The van der Waals surface area contributed by atoms with Crippen molar-refractivity contribution < 1.29 is 5.11 Å². The number of terminal acetylenes is 1. The van der Waals surface area contributed by atoms with Crippen LogP contribution in [0, 0.1) is 12.3 Å². The molecule has 0 aliphatic carbocycles. The van der Waals surface area contributed by atoms with Gasteiger partial charge in [-0.25, -0.2) is 0 Å². The fourth-order valence-electron chi connectivity index (χ4n) is 2.40. The molecule has 1 unspecified atom stereocenters. The Hall–Kier alpha value is -1.26. The summed E-state index contributed by atoms with van der Waals surface area (Å²) >= 11 is 0. The molecular weight excluding hydrogens is 196 g/mol. The summed E-state index contributed by atoms with van der Waals surface area (Å²) in [5.74, 6) is 2.56. The first-order chi connectivity index (χ1) is 7.71. The van der Waals surface area contributed by atoms with E-state index in [1.165, 1.54) is 5.56 Å². The Morgan fingerprint density at radius 1 is 1.25 bits per heavy atom. The molecule has 1 heteroatoms. The molecule has 1 rings (SSSR count). The number of hydrogen-bond acceptors (Lipinski definition) is 1. The number of aliphatic hydroxyl groups excluding tert-OH is 1. The molecule has 0 spiro atoms. The highest BCUT2D eigenvalue weighted by atomic mass is 16.3. The lowest BCUT2D eigenvalue weighted by Gasteiger charge is -2.36. The van der Waals surface area contributed by atoms with Crippen LogP contribution in [0.25, 0.3) is 0 Å². The quantitative estimate of drug-likeness (QED) is 0.750. The molecule has 0 aliphatic rings. The van der Waals surface area contributed by atoms with Crippen molar-refractivity contribution in [3.63, 3.8) is 0 Å². The third-order valence-electron chi connectivity index (χ3n) is 3.56. The van der Waals surface area contributed by atoms with Gasteiger partial charge in [-0.15, -0.1) is 12.3 Å². The normalized spacial score (nSPS) is 13.1. The molecular formula is C15H20O. The van der Waals surface area contributed by atoms with E-state index in [2.05, 4.69) is 31.9 Å². The number of benzene rings is 1. The van der Waals surface area contributed by atoms with E-state index in [0.29, 0.717) is 6.42 Å². The standard InChI is InChI=1S/C15H20O/c1-4-10-14(16)15(5-2,6-3)13-11-8-7-9-12-13/h1,7-9,11-12,14,16H,5-6,10H2,2-3H3. The highest BCUT2D eigenvalue weighted by molar-refractivity contribution is 5.27. The van der Waals surface area contributed by atoms with Gasteiger partial charge in [0.05, 0.1) is 6.10 Å². The number of rotatable bonds is 5. The van der Waals surface area contributed by atoms with Crippen molar-refractivity contribution in [2.75, 3.05) is 0 Å². The third-order valence-corrected chi connectivity index (χ3v) is 3.56. The van der Waals surface area contributed by atoms with Crippen LogP contribution in [0.1, 0.15) is 38.7 Å². The molecule has 0 saturated carbocycles. The fourth-order valence-corrected chi connectivity index (χ4v) is 2.40. The number of aliphatic hydroxyl groups is 1. The summed E-state index contributed by atoms with van der Waals surface area (Å²) in [6.07, 6.45) is 7.05. The Morgan fingerprint density at radius 2 is 1.81 bits per heavy atom. The van der Waals surface area contributed by atoms with Crippen molar-refractivity contribution >= 4 is 0 Å². The first kappa shape index (κ1) is 12.8. The largest absolute Gasteiger partial charge is 0.391 e. The summed E-state index contributed by atoms with van der Waals surface area (Å²) in [4.78, 5) is 0. The van der Waals surface area contributed by atoms with Gasteiger partial charge in [-0.2, -0.15) is 0 Å². The van der Waals surface area contributed by atoms with Crippen molar-refractivity contribution in [2.45, 2.75) is 44.6 Å². The molecule has 16 heavy (non-hydrogen) atoms. The summed E-state index contributed by atoms with van der Waals surface area (Å²) in [6.45, 7) is 4.21. The lowest BCUT2D eigenvalue weighted by molar-refractivity contribution is 0.0775. The Labute approximate surface area is 98.5 Å². The minimum absolute atomic E-state index is 0.201. The van der Waals surface area contributed by atoms with Gasteiger partial charge in [0, 0.05) is 11.8 Å². The smallest absolute Gasteiger partial charge is 0.0745 e. The van der Waals surface area contributed by atoms with E-state index in [1.54, 1.807) is 0 Å². The second kappa shape index (κ2) is 5.72. The average Bonchev–Trinajstić information content (AvgIpc) is 2.33. The summed E-state index contributed by atoms with van der Waals surface area (Å²) in [6, 6.07) is 10.2. The van der Waals surface area contributed by atoms with Gasteiger partial charge in [-0.05, 0) is 18.4 Å². The molecule has 1 aromatic rings. The van der Waals surface area contributed by atoms with E-state index >= 15 is 0 Å². The van der Waals surface area contributed by atoms with E-state index in [4.69, 9.17) is 6.42 Å². The van der Waals surface area contributed by atoms with Crippen LogP contribution in [0.4, 0.5) is 0 Å². The Morgan fingerprint density at radius 3 is 2.25 bits per heavy atom. The molecule has 0 aromatic heterocycles. The molecule has 1 atom stereocenters. The Kier molecular flexibility index (Phi) is 4.58. The minimum Gasteiger partial charge on any atom is -0.391 e. The van der Waals surface area contributed by atoms with E-state index in [-0.39, 0.29) is 5.41 Å². The van der Waals surface area contributed by atoms with Gasteiger partial charge in [0.25, 0.3) is 0 Å². The zero-order valence-corrected chi connectivity index (χ0v) is 10.1. The predicted octanol–water partition coefficient (Wildman–Crippen LogP) is 3.13. The highest BCUT2D eigenvalue weighted by Gasteiger charge is 2.35. The van der Waals surface area contributed by atoms with Gasteiger partial charge in [-0.1, -0.05) is 44.2 Å². The lowest BCUT2D eigenvalue weighted by atomic mass is 9.70. The van der Waals surface area contributed by atoms with Crippen LogP contribution in [0.5, 0.6) is 0 Å². The molecule has 0 amide bonds. The Balaban J connectivity index is 3.11. The van der Waals surface area contributed by atoms with E-state index < -0.39 is 6.10 Å². The van der Waals surface area contributed by atoms with Gasteiger partial charge in [0.15, 0.2) is 0 Å². The molecule has 0 saturated heterocycles. The van der Waals surface area contributed by atoms with Gasteiger partial charge < -0.3 is 5.11 Å². The van der Waals surface area contributed by atoms with Crippen LogP contribution in [0.3, 0.4) is 0 Å². The minimum atomic E-state index is -0.463. The molecule has 86 valence electrons. The molecule has 0 bridgehead atoms. The van der Waals surface area contributed by atoms with Crippen LogP contribution < -0.4 is 0 Å². The zero-order chi connectivity index (χ0) is 12.0. The molecule has 0 heterocycles. The molecule has 0 radical (unpaired) electrons. The molecule has 1 N–H and O–H groups in total. The first-order valence-corrected chi connectivity index (χ1v) is 5.88. The zero-order valence-electron chi connectivity index (χ0n) is 10.1. The summed E-state index contributed by atoms with van der Waals surface area (Å²) < 4.78 is 0. The van der Waals surface area contributed by atoms with E-state index in [0.717, 1.165) is 12.8 Å². The Bertz CT molecular complexity index is 343. The van der Waals surface area contributed by atoms with Crippen LogP contribution in [0.15, 0.2) is 30.3 Å². The average molecular weight is 216 g/mol. The summed E-state index contributed by atoms with van der Waals surface area (Å²) in [5, 5.41) is 10.3. The summed E-state index contributed by atoms with van der Waals surface area (Å²) in [5.41, 5.74) is 0.982. The van der Waals surface area contributed by atoms with Crippen LogP contribution >= 0.6 is 0 Å². The maximum absolute atomic E-state index is 10.3. The van der Waals surface area contributed by atoms with Gasteiger partial charge in [-0.3, -0.25) is 0 Å². The third kappa shape index (κ3) is 2.28. The lowest BCUT2D eigenvalue weighted by Crippen LogP contribution is -2.38. The predicted molar refractivity (Wildman–Crippen MR) is 68.2 cm³/mol. The fraction of sp³-hybridized carbons (Fsp3) is 0.467. The van der Waals surface area contributed by atoms with Crippen LogP contribution in [-0.4, -0.2) is 11.2 Å². The maximum atomic E-state index is 10.3. The molecule has 1 aromatic carbocycles. The van der Waals surface area contributed by atoms with Gasteiger partial charge in [0.2, 0.25) is 0 Å². The van der Waals surface area contributed by atoms with E-state index in [1.807, 2.05) is 18.2 Å². The number of hydrogen-bond donors (Lipinski definition) is 1. The van der Waals surface area contributed by atoms with Crippen molar-refractivity contribution in [2.24, 2.45) is 0 Å². The van der Waals surface area contributed by atoms with Gasteiger partial charge >= 0.3 is 0 Å². The first-order valence-electron chi connectivity index (χ1n) is 5.88. The summed E-state index contributed by atoms with van der Waals surface area (Å²) in [7, 11) is 0. The van der Waals surface area contributed by atoms with Crippen molar-refractivity contribution in [1.29, 1.82) is 0 Å². The molecule has 0 aliphatic heterocycles. The second-order valence-electron chi connectivity index (χ2n) is 4.15. The van der Waals surface area contributed by atoms with Gasteiger partial charge in [0.1, 0.15) is 0 Å². The van der Waals surface area contributed by atoms with Crippen molar-refractivity contribution in [3.05, 3.63) is 35.9 Å². The topological polar surface area (TPSA) is 20.2 Å². The monoisotopic (exact) mass is 216 g/mol. The van der Waals surface area contributed by atoms with Crippen LogP contribution in [-0.2, 0) is 5.41 Å². The highest BCUT2D eigenvalue weighted by Crippen LogP contribution is 2.36. The second-order valence-corrected chi connectivity index (χ2v) is 4.15. The van der Waals surface area contributed by atoms with Crippen molar-refractivity contribution in [1.82, 2.24) is 0 Å². The van der Waals surface area contributed by atoms with Crippen molar-refractivity contribution in [3.8, 4) is 12.3 Å². The van der Waals surface area contributed by atoms with E-state index in [9.17, 15) is 5.11 Å². The SMILES string of the molecule is C#CCC(O)C(CC)(CC)c1ccccc1. The van der Waals surface area contributed by atoms with Crippen LogP contribution in [0.2, 0.25) is 0 Å². The molecule has 1 nitrogen and oxygen atoms in total. The molecule has 0 fully saturated rings.